The van der Waals surface area contributed by atoms with Gasteiger partial charge in [0.25, 0.3) is 0 Å². The molecule has 1 fully saturated rings. The molecule has 1 atom stereocenters. The average molecular weight is 272 g/mol. The summed E-state index contributed by atoms with van der Waals surface area (Å²) < 4.78 is 0. The van der Waals surface area contributed by atoms with Gasteiger partial charge in [-0.05, 0) is 42.3 Å². The van der Waals surface area contributed by atoms with E-state index >= 15 is 0 Å². The molecule has 1 aliphatic heterocycles. The molecule has 0 spiro atoms. The van der Waals surface area contributed by atoms with E-state index < -0.39 is 0 Å². The molecule has 2 N–H and O–H groups in total. The molecule has 1 aromatic rings. The number of hydrogen-bond donors (Lipinski definition) is 2. The standard InChI is InChI=1S/C18H28N2/c1-18(10-5-2-6-11-18)14-20-17-9-12-19-13-15-7-3-4-8-16(15)17/h3-4,7-8,17,19-20H,2,5-6,9-14H2,1H3. The van der Waals surface area contributed by atoms with E-state index in [0.717, 1.165) is 13.1 Å². The topological polar surface area (TPSA) is 24.1 Å². The quantitative estimate of drug-likeness (QED) is 0.875. The van der Waals surface area contributed by atoms with Crippen LogP contribution < -0.4 is 10.6 Å². The summed E-state index contributed by atoms with van der Waals surface area (Å²) in [7, 11) is 0. The van der Waals surface area contributed by atoms with Crippen molar-refractivity contribution in [1.82, 2.24) is 10.6 Å². The number of benzene rings is 1. The minimum Gasteiger partial charge on any atom is -0.313 e. The van der Waals surface area contributed by atoms with E-state index in [4.69, 9.17) is 0 Å². The Morgan fingerprint density at radius 1 is 1.20 bits per heavy atom. The van der Waals surface area contributed by atoms with E-state index in [0.29, 0.717) is 11.5 Å². The highest BCUT2D eigenvalue weighted by atomic mass is 15.0. The fourth-order valence-corrected chi connectivity index (χ4v) is 3.82. The summed E-state index contributed by atoms with van der Waals surface area (Å²) in [6.07, 6.45) is 8.26. The minimum atomic E-state index is 0.521. The summed E-state index contributed by atoms with van der Waals surface area (Å²) in [6.45, 7) is 5.78. The number of nitrogens with one attached hydrogen (secondary N) is 2. The minimum absolute atomic E-state index is 0.521. The molecule has 0 aromatic heterocycles. The van der Waals surface area contributed by atoms with Crippen molar-refractivity contribution in [2.24, 2.45) is 5.41 Å². The van der Waals surface area contributed by atoms with Crippen LogP contribution in [0.3, 0.4) is 0 Å². The van der Waals surface area contributed by atoms with Gasteiger partial charge in [-0.15, -0.1) is 0 Å². The zero-order chi connectivity index (χ0) is 13.8. The van der Waals surface area contributed by atoms with Crippen molar-refractivity contribution in [3.63, 3.8) is 0 Å². The molecule has 2 heteroatoms. The number of rotatable bonds is 3. The lowest BCUT2D eigenvalue weighted by atomic mass is 9.75. The van der Waals surface area contributed by atoms with Gasteiger partial charge in [-0.25, -0.2) is 0 Å². The molecule has 0 bridgehead atoms. The van der Waals surface area contributed by atoms with Crippen LogP contribution in [0.1, 0.15) is 62.6 Å². The molecule has 0 radical (unpaired) electrons. The first kappa shape index (κ1) is 14.1. The Morgan fingerprint density at radius 3 is 2.85 bits per heavy atom. The average Bonchev–Trinajstić information content (AvgIpc) is 2.68. The lowest BCUT2D eigenvalue weighted by Crippen LogP contribution is -2.36. The van der Waals surface area contributed by atoms with Crippen molar-refractivity contribution in [3.05, 3.63) is 35.4 Å². The van der Waals surface area contributed by atoms with E-state index in [2.05, 4.69) is 41.8 Å². The molecule has 2 nitrogen and oxygen atoms in total. The Bertz CT molecular complexity index is 435. The SMILES string of the molecule is CC1(CNC2CCNCc3ccccc32)CCCCC1. The van der Waals surface area contributed by atoms with Crippen LogP contribution in [0.25, 0.3) is 0 Å². The van der Waals surface area contributed by atoms with Gasteiger partial charge in [0.05, 0.1) is 0 Å². The molecule has 20 heavy (non-hydrogen) atoms. The van der Waals surface area contributed by atoms with Crippen molar-refractivity contribution in [1.29, 1.82) is 0 Å². The van der Waals surface area contributed by atoms with Crippen molar-refractivity contribution < 1.29 is 0 Å². The van der Waals surface area contributed by atoms with Crippen LogP contribution in [0.2, 0.25) is 0 Å². The number of fused-ring (bicyclic) bond motifs is 1. The van der Waals surface area contributed by atoms with E-state index in [-0.39, 0.29) is 0 Å². The summed E-state index contributed by atoms with van der Waals surface area (Å²) in [5.74, 6) is 0. The highest BCUT2D eigenvalue weighted by molar-refractivity contribution is 5.31. The van der Waals surface area contributed by atoms with Crippen LogP contribution in [0, 0.1) is 5.41 Å². The molecular weight excluding hydrogens is 244 g/mol. The molecule has 110 valence electrons. The first-order valence-electron chi connectivity index (χ1n) is 8.29. The van der Waals surface area contributed by atoms with Gasteiger partial charge < -0.3 is 10.6 Å². The van der Waals surface area contributed by atoms with Gasteiger partial charge in [0.15, 0.2) is 0 Å². The Kier molecular flexibility index (Phi) is 4.42. The third-order valence-corrected chi connectivity index (χ3v) is 5.19. The lowest BCUT2D eigenvalue weighted by molar-refractivity contribution is 0.199. The molecule has 3 rings (SSSR count). The molecule has 0 amide bonds. The van der Waals surface area contributed by atoms with Gasteiger partial charge in [-0.2, -0.15) is 0 Å². The Morgan fingerprint density at radius 2 is 2.00 bits per heavy atom. The third-order valence-electron chi connectivity index (χ3n) is 5.19. The second kappa shape index (κ2) is 6.28. The molecule has 1 saturated carbocycles. The fourth-order valence-electron chi connectivity index (χ4n) is 3.82. The summed E-state index contributed by atoms with van der Waals surface area (Å²) in [6, 6.07) is 9.44. The monoisotopic (exact) mass is 272 g/mol. The van der Waals surface area contributed by atoms with Gasteiger partial charge in [0.1, 0.15) is 0 Å². The Hall–Kier alpha value is -0.860. The van der Waals surface area contributed by atoms with Gasteiger partial charge in [0.2, 0.25) is 0 Å². The van der Waals surface area contributed by atoms with Crippen molar-refractivity contribution >= 4 is 0 Å². The van der Waals surface area contributed by atoms with Crippen molar-refractivity contribution in [2.75, 3.05) is 13.1 Å². The maximum Gasteiger partial charge on any atom is 0.0335 e. The summed E-state index contributed by atoms with van der Waals surface area (Å²) in [5, 5.41) is 7.43. The first-order valence-corrected chi connectivity index (χ1v) is 8.29. The van der Waals surface area contributed by atoms with E-state index in [1.54, 1.807) is 0 Å². The summed E-state index contributed by atoms with van der Waals surface area (Å²) >= 11 is 0. The zero-order valence-corrected chi connectivity index (χ0v) is 12.8. The van der Waals surface area contributed by atoms with Gasteiger partial charge in [-0.3, -0.25) is 0 Å². The van der Waals surface area contributed by atoms with Crippen molar-refractivity contribution in [2.45, 2.75) is 58.0 Å². The van der Waals surface area contributed by atoms with E-state index in [1.807, 2.05) is 0 Å². The Labute approximate surface area is 123 Å². The molecule has 1 unspecified atom stereocenters. The second-order valence-electron chi connectivity index (χ2n) is 6.97. The molecular formula is C18H28N2. The molecule has 1 heterocycles. The molecule has 1 aliphatic carbocycles. The maximum atomic E-state index is 3.89. The molecule has 0 saturated heterocycles. The van der Waals surface area contributed by atoms with Crippen LogP contribution in [0.4, 0.5) is 0 Å². The van der Waals surface area contributed by atoms with Crippen LogP contribution >= 0.6 is 0 Å². The highest BCUT2D eigenvalue weighted by Crippen LogP contribution is 2.36. The van der Waals surface area contributed by atoms with Crippen molar-refractivity contribution in [3.8, 4) is 0 Å². The van der Waals surface area contributed by atoms with Crippen LogP contribution in [-0.2, 0) is 6.54 Å². The predicted molar refractivity (Wildman–Crippen MR) is 84.7 cm³/mol. The second-order valence-corrected chi connectivity index (χ2v) is 6.97. The first-order chi connectivity index (χ1) is 9.77. The van der Waals surface area contributed by atoms with Gasteiger partial charge in [0, 0.05) is 19.1 Å². The molecule has 1 aromatic carbocycles. The van der Waals surface area contributed by atoms with E-state index in [1.165, 1.54) is 56.2 Å². The lowest BCUT2D eigenvalue weighted by Gasteiger charge is -2.35. The largest absolute Gasteiger partial charge is 0.313 e. The third kappa shape index (κ3) is 3.24. The zero-order valence-electron chi connectivity index (χ0n) is 12.8. The van der Waals surface area contributed by atoms with E-state index in [9.17, 15) is 0 Å². The maximum absolute atomic E-state index is 3.89. The smallest absolute Gasteiger partial charge is 0.0335 e. The van der Waals surface area contributed by atoms with Crippen LogP contribution in [0.15, 0.2) is 24.3 Å². The van der Waals surface area contributed by atoms with Crippen LogP contribution in [0.5, 0.6) is 0 Å². The van der Waals surface area contributed by atoms with Crippen LogP contribution in [-0.4, -0.2) is 13.1 Å². The van der Waals surface area contributed by atoms with Gasteiger partial charge >= 0.3 is 0 Å². The molecule has 2 aliphatic rings. The number of hydrogen-bond acceptors (Lipinski definition) is 2. The normalized spacial score (nSPS) is 25.8. The Balaban J connectivity index is 1.67. The highest BCUT2D eigenvalue weighted by Gasteiger charge is 2.28. The predicted octanol–water partition coefficient (Wildman–Crippen LogP) is 3.78. The summed E-state index contributed by atoms with van der Waals surface area (Å²) in [4.78, 5) is 0. The fraction of sp³-hybridized carbons (Fsp3) is 0.667. The summed E-state index contributed by atoms with van der Waals surface area (Å²) in [5.41, 5.74) is 3.50. The van der Waals surface area contributed by atoms with Gasteiger partial charge in [-0.1, -0.05) is 50.5 Å².